The summed E-state index contributed by atoms with van der Waals surface area (Å²) in [5, 5.41) is 2.90. The molecule has 1 aromatic carbocycles. The Morgan fingerprint density at radius 3 is 2.90 bits per heavy atom. The van der Waals surface area contributed by atoms with E-state index in [1.54, 1.807) is 0 Å². The molecule has 1 atom stereocenters. The Morgan fingerprint density at radius 2 is 2.20 bits per heavy atom. The lowest BCUT2D eigenvalue weighted by Gasteiger charge is -2.27. The molecule has 3 nitrogen and oxygen atoms in total. The number of alkyl carbamates (subject to hydrolysis) is 1. The van der Waals surface area contributed by atoms with Crippen LogP contribution >= 0.6 is 22.6 Å². The lowest BCUT2D eigenvalue weighted by atomic mass is 9.83. The highest BCUT2D eigenvalue weighted by Gasteiger charge is 2.22. The minimum atomic E-state index is -0.440. The van der Waals surface area contributed by atoms with Crippen LogP contribution in [0.1, 0.15) is 50.7 Å². The quantitative estimate of drug-likeness (QED) is 0.772. The van der Waals surface area contributed by atoms with Gasteiger partial charge in [-0.15, -0.1) is 0 Å². The predicted molar refractivity (Wildman–Crippen MR) is 89.1 cm³/mol. The van der Waals surface area contributed by atoms with Gasteiger partial charge in [0, 0.05) is 16.0 Å². The zero-order chi connectivity index (χ0) is 14.8. The van der Waals surface area contributed by atoms with E-state index in [1.807, 2.05) is 20.8 Å². The highest BCUT2D eigenvalue weighted by molar-refractivity contribution is 14.1. The van der Waals surface area contributed by atoms with Crippen molar-refractivity contribution in [3.05, 3.63) is 32.9 Å². The van der Waals surface area contributed by atoms with Crippen molar-refractivity contribution in [2.45, 2.75) is 51.6 Å². The number of rotatable bonds is 2. The van der Waals surface area contributed by atoms with E-state index in [1.165, 1.54) is 21.1 Å². The number of hydrogen-bond donors (Lipinski definition) is 1. The molecule has 0 spiro atoms. The topological polar surface area (TPSA) is 38.3 Å². The van der Waals surface area contributed by atoms with Crippen LogP contribution in [0.4, 0.5) is 4.79 Å². The average Bonchev–Trinajstić information content (AvgIpc) is 2.33. The molecule has 1 aromatic rings. The molecule has 0 aromatic heterocycles. The number of nitrogens with one attached hydrogen (secondary N) is 1. The van der Waals surface area contributed by atoms with Gasteiger partial charge in [-0.2, -0.15) is 0 Å². The molecule has 1 aliphatic carbocycles. The molecule has 1 aliphatic rings. The van der Waals surface area contributed by atoms with Gasteiger partial charge in [-0.3, -0.25) is 0 Å². The minimum absolute atomic E-state index is 0.324. The van der Waals surface area contributed by atoms with Gasteiger partial charge >= 0.3 is 6.09 Å². The highest BCUT2D eigenvalue weighted by Crippen LogP contribution is 2.32. The van der Waals surface area contributed by atoms with Gasteiger partial charge in [0.2, 0.25) is 0 Å². The van der Waals surface area contributed by atoms with Crippen molar-refractivity contribution < 1.29 is 9.53 Å². The molecule has 0 heterocycles. The second-order valence-electron chi connectivity index (χ2n) is 6.32. The summed E-state index contributed by atoms with van der Waals surface area (Å²) in [4.78, 5) is 11.7. The zero-order valence-corrected chi connectivity index (χ0v) is 14.5. The van der Waals surface area contributed by atoms with Crippen LogP contribution in [0.25, 0.3) is 0 Å². The number of amides is 1. The Balaban J connectivity index is 1.97. The summed E-state index contributed by atoms with van der Waals surface area (Å²) in [5.41, 5.74) is 2.37. The Morgan fingerprint density at radius 1 is 1.45 bits per heavy atom. The number of ether oxygens (including phenoxy) is 1. The van der Waals surface area contributed by atoms with Gasteiger partial charge in [-0.25, -0.2) is 4.79 Å². The maximum atomic E-state index is 11.7. The molecule has 0 bridgehead atoms. The van der Waals surface area contributed by atoms with Gasteiger partial charge in [0.05, 0.1) is 0 Å². The minimum Gasteiger partial charge on any atom is -0.444 e. The third kappa shape index (κ3) is 4.36. The highest BCUT2D eigenvalue weighted by atomic mass is 127. The third-order valence-electron chi connectivity index (χ3n) is 3.44. The number of hydrogen-bond acceptors (Lipinski definition) is 2. The largest absolute Gasteiger partial charge is 0.444 e. The molecule has 4 heteroatoms. The summed E-state index contributed by atoms with van der Waals surface area (Å²) in [7, 11) is 0. The summed E-state index contributed by atoms with van der Waals surface area (Å²) in [6.45, 7) is 6.29. The van der Waals surface area contributed by atoms with Crippen molar-refractivity contribution in [2.24, 2.45) is 0 Å². The molecule has 0 saturated carbocycles. The number of aryl methyl sites for hydroxylation is 1. The van der Waals surface area contributed by atoms with Crippen LogP contribution in [0.2, 0.25) is 0 Å². The van der Waals surface area contributed by atoms with Crippen LogP contribution in [0.15, 0.2) is 18.2 Å². The van der Waals surface area contributed by atoms with Crippen LogP contribution in [0, 0.1) is 3.57 Å². The van der Waals surface area contributed by atoms with Gasteiger partial charge < -0.3 is 10.1 Å². The molecule has 0 saturated heterocycles. The third-order valence-corrected chi connectivity index (χ3v) is 4.11. The zero-order valence-electron chi connectivity index (χ0n) is 12.3. The number of carbonyl (C=O) groups is 1. The normalized spacial score (nSPS) is 18.3. The van der Waals surface area contributed by atoms with E-state index >= 15 is 0 Å². The van der Waals surface area contributed by atoms with Crippen molar-refractivity contribution >= 4 is 28.7 Å². The Labute approximate surface area is 134 Å². The smallest absolute Gasteiger partial charge is 0.407 e. The van der Waals surface area contributed by atoms with Gasteiger partial charge in [-0.05, 0) is 85.9 Å². The molecule has 1 unspecified atom stereocenters. The Kier molecular flexibility index (Phi) is 4.94. The van der Waals surface area contributed by atoms with Crippen molar-refractivity contribution in [3.63, 3.8) is 0 Å². The van der Waals surface area contributed by atoms with Gasteiger partial charge in [0.15, 0.2) is 0 Å². The predicted octanol–water partition coefficient (Wildman–Crippen LogP) is 4.24. The van der Waals surface area contributed by atoms with Crippen molar-refractivity contribution in [2.75, 3.05) is 6.54 Å². The maximum Gasteiger partial charge on any atom is 0.407 e. The molecule has 110 valence electrons. The van der Waals surface area contributed by atoms with Crippen LogP contribution in [-0.2, 0) is 11.2 Å². The van der Waals surface area contributed by atoms with E-state index in [2.05, 4.69) is 46.1 Å². The molecule has 0 aliphatic heterocycles. The van der Waals surface area contributed by atoms with Crippen LogP contribution < -0.4 is 5.32 Å². The van der Waals surface area contributed by atoms with E-state index in [4.69, 9.17) is 4.74 Å². The average molecular weight is 387 g/mol. The fourth-order valence-electron chi connectivity index (χ4n) is 2.62. The Bertz CT molecular complexity index is 494. The van der Waals surface area contributed by atoms with Crippen molar-refractivity contribution in [1.29, 1.82) is 0 Å². The number of carbonyl (C=O) groups excluding carboxylic acids is 1. The van der Waals surface area contributed by atoms with Gasteiger partial charge in [0.25, 0.3) is 0 Å². The SMILES string of the molecule is CC(C)(C)OC(=O)NCC1CCCc2cc(I)ccc21. The monoisotopic (exact) mass is 387 g/mol. The van der Waals surface area contributed by atoms with Gasteiger partial charge in [0.1, 0.15) is 5.60 Å². The van der Waals surface area contributed by atoms with Crippen molar-refractivity contribution in [3.8, 4) is 0 Å². The summed E-state index contributed by atoms with van der Waals surface area (Å²) in [6, 6.07) is 6.61. The van der Waals surface area contributed by atoms with E-state index in [0.29, 0.717) is 12.5 Å². The fraction of sp³-hybridized carbons (Fsp3) is 0.562. The first-order valence-electron chi connectivity index (χ1n) is 7.10. The van der Waals surface area contributed by atoms with Crippen molar-refractivity contribution in [1.82, 2.24) is 5.32 Å². The van der Waals surface area contributed by atoms with E-state index in [0.717, 1.165) is 12.8 Å². The molecule has 0 fully saturated rings. The Hall–Kier alpha value is -0.780. The van der Waals surface area contributed by atoms with Gasteiger partial charge in [-0.1, -0.05) is 6.07 Å². The number of benzene rings is 1. The molecule has 1 amide bonds. The first kappa shape index (κ1) is 15.6. The number of halogens is 1. The molecule has 1 N–H and O–H groups in total. The molecule has 0 radical (unpaired) electrons. The maximum absolute atomic E-state index is 11.7. The second kappa shape index (κ2) is 6.33. The molecular formula is C16H22INO2. The van der Waals surface area contributed by atoms with Crippen LogP contribution in [-0.4, -0.2) is 18.2 Å². The van der Waals surface area contributed by atoms with Crippen LogP contribution in [0.5, 0.6) is 0 Å². The summed E-state index contributed by atoms with van der Waals surface area (Å²) in [5.74, 6) is 0.406. The van der Waals surface area contributed by atoms with E-state index in [-0.39, 0.29) is 6.09 Å². The van der Waals surface area contributed by atoms with E-state index < -0.39 is 5.60 Å². The fourth-order valence-corrected chi connectivity index (χ4v) is 3.17. The van der Waals surface area contributed by atoms with E-state index in [9.17, 15) is 4.79 Å². The van der Waals surface area contributed by atoms with Crippen LogP contribution in [0.3, 0.4) is 0 Å². The lowest BCUT2D eigenvalue weighted by Crippen LogP contribution is -2.35. The summed E-state index contributed by atoms with van der Waals surface area (Å²) in [6.07, 6.45) is 3.14. The lowest BCUT2D eigenvalue weighted by molar-refractivity contribution is 0.0523. The molecule has 2 rings (SSSR count). The molecular weight excluding hydrogens is 365 g/mol. The summed E-state index contributed by atoms with van der Waals surface area (Å²) < 4.78 is 6.56. The summed E-state index contributed by atoms with van der Waals surface area (Å²) >= 11 is 2.35. The number of fused-ring (bicyclic) bond motifs is 1. The first-order valence-corrected chi connectivity index (χ1v) is 8.18. The standard InChI is InChI=1S/C16H22INO2/c1-16(2,3)20-15(19)18-10-12-6-4-5-11-9-13(17)7-8-14(11)12/h7-9,12H,4-6,10H2,1-3H3,(H,18,19). The first-order chi connectivity index (χ1) is 9.35. The second-order valence-corrected chi connectivity index (χ2v) is 7.56. The molecule has 20 heavy (non-hydrogen) atoms.